The summed E-state index contributed by atoms with van der Waals surface area (Å²) in [6, 6.07) is 1.85. The van der Waals surface area contributed by atoms with Gasteiger partial charge in [-0.2, -0.15) is 13.2 Å². The second-order valence-corrected chi connectivity index (χ2v) is 6.25. The molecule has 0 fully saturated rings. The van der Waals surface area contributed by atoms with Crippen LogP contribution in [-0.2, 0) is 11.1 Å². The van der Waals surface area contributed by atoms with Crippen molar-refractivity contribution in [2.24, 2.45) is 0 Å². The molecule has 1 aliphatic carbocycles. The molecule has 2 rings (SSSR count). The van der Waals surface area contributed by atoms with Crippen molar-refractivity contribution in [3.8, 4) is 17.2 Å². The fraction of sp³-hybridized carbons (Fsp3) is 0.429. The standard InChI is InChI=1S/C14H15F3O4S/c1-8-3-2-4-9(5-8)13-11(18)6-10(7-12(13)19)21-22(20)14(15,16)17/h5-7,9,18-19H,2-4H2,1H3. The molecular formula is C14H15F3O4S. The Balaban J connectivity index is 2.29. The van der Waals surface area contributed by atoms with E-state index in [9.17, 15) is 27.6 Å². The van der Waals surface area contributed by atoms with E-state index in [1.165, 1.54) is 0 Å². The van der Waals surface area contributed by atoms with Gasteiger partial charge in [-0.15, -0.1) is 0 Å². The minimum absolute atomic E-state index is 0.212. The molecule has 1 aliphatic rings. The van der Waals surface area contributed by atoms with E-state index in [0.29, 0.717) is 6.42 Å². The lowest BCUT2D eigenvalue weighted by molar-refractivity contribution is -0.0437. The maximum Gasteiger partial charge on any atom is 0.508 e. The molecule has 0 saturated carbocycles. The zero-order chi connectivity index (χ0) is 16.5. The lowest BCUT2D eigenvalue weighted by Crippen LogP contribution is -2.20. The van der Waals surface area contributed by atoms with Crippen LogP contribution in [0.15, 0.2) is 23.8 Å². The Kier molecular flexibility index (Phi) is 4.69. The van der Waals surface area contributed by atoms with Crippen LogP contribution >= 0.6 is 0 Å². The van der Waals surface area contributed by atoms with Gasteiger partial charge in [-0.3, -0.25) is 0 Å². The van der Waals surface area contributed by atoms with Crippen LogP contribution in [0.4, 0.5) is 13.2 Å². The van der Waals surface area contributed by atoms with E-state index in [2.05, 4.69) is 4.18 Å². The zero-order valence-corrected chi connectivity index (χ0v) is 12.5. The van der Waals surface area contributed by atoms with Gasteiger partial charge < -0.3 is 14.4 Å². The van der Waals surface area contributed by atoms with Crippen LogP contribution in [0.5, 0.6) is 17.2 Å². The van der Waals surface area contributed by atoms with Crippen molar-refractivity contribution in [2.75, 3.05) is 0 Å². The summed E-state index contributed by atoms with van der Waals surface area (Å²) in [6.07, 6.45) is 4.45. The first-order chi connectivity index (χ1) is 10.2. The van der Waals surface area contributed by atoms with Crippen molar-refractivity contribution < 1.29 is 31.8 Å². The third-order valence-electron chi connectivity index (χ3n) is 3.41. The summed E-state index contributed by atoms with van der Waals surface area (Å²) in [7, 11) is 0. The van der Waals surface area contributed by atoms with E-state index in [1.807, 2.05) is 13.0 Å². The Labute approximate surface area is 127 Å². The first-order valence-electron chi connectivity index (χ1n) is 6.58. The largest absolute Gasteiger partial charge is 0.508 e. The molecule has 0 aromatic heterocycles. The van der Waals surface area contributed by atoms with Crippen LogP contribution in [-0.4, -0.2) is 19.9 Å². The Morgan fingerprint density at radius 2 is 1.86 bits per heavy atom. The fourth-order valence-corrected chi connectivity index (χ4v) is 2.86. The summed E-state index contributed by atoms with van der Waals surface area (Å²) in [5, 5.41) is 20.0. The molecular weight excluding hydrogens is 321 g/mol. The maximum atomic E-state index is 12.2. The second kappa shape index (κ2) is 6.20. The van der Waals surface area contributed by atoms with Gasteiger partial charge in [0.1, 0.15) is 17.2 Å². The molecule has 1 aromatic rings. The topological polar surface area (TPSA) is 66.8 Å². The molecule has 4 nitrogen and oxygen atoms in total. The van der Waals surface area contributed by atoms with Crippen molar-refractivity contribution in [2.45, 2.75) is 37.6 Å². The number of hydrogen-bond acceptors (Lipinski definition) is 4. The fourth-order valence-electron chi connectivity index (χ4n) is 2.50. The third kappa shape index (κ3) is 3.73. The highest BCUT2D eigenvalue weighted by atomic mass is 32.2. The van der Waals surface area contributed by atoms with Crippen LogP contribution < -0.4 is 4.18 Å². The predicted molar refractivity (Wildman–Crippen MR) is 74.9 cm³/mol. The van der Waals surface area contributed by atoms with Crippen LogP contribution in [0.25, 0.3) is 0 Å². The van der Waals surface area contributed by atoms with Gasteiger partial charge in [-0.05, 0) is 26.2 Å². The van der Waals surface area contributed by atoms with E-state index in [1.54, 1.807) is 0 Å². The molecule has 0 radical (unpaired) electrons. The zero-order valence-electron chi connectivity index (χ0n) is 11.7. The van der Waals surface area contributed by atoms with Crippen LogP contribution in [0.3, 0.4) is 0 Å². The minimum Gasteiger partial charge on any atom is -0.507 e. The van der Waals surface area contributed by atoms with E-state index in [-0.39, 0.29) is 23.0 Å². The van der Waals surface area contributed by atoms with Crippen LogP contribution in [0.1, 0.15) is 37.7 Å². The summed E-state index contributed by atoms with van der Waals surface area (Å²) >= 11 is -3.56. The van der Waals surface area contributed by atoms with Gasteiger partial charge in [-0.1, -0.05) is 11.6 Å². The number of benzene rings is 1. The van der Waals surface area contributed by atoms with Crippen molar-refractivity contribution >= 4 is 11.1 Å². The third-order valence-corrected chi connectivity index (χ3v) is 4.14. The van der Waals surface area contributed by atoms with Gasteiger partial charge in [0.15, 0.2) is 0 Å². The Hall–Kier alpha value is -1.70. The molecule has 0 spiro atoms. The lowest BCUT2D eigenvalue weighted by atomic mass is 9.85. The molecule has 0 aliphatic heterocycles. The number of hydrogen-bond donors (Lipinski definition) is 2. The molecule has 122 valence electrons. The predicted octanol–water partition coefficient (Wildman–Crippen LogP) is 3.87. The van der Waals surface area contributed by atoms with Gasteiger partial charge in [0.05, 0.1) is 0 Å². The van der Waals surface area contributed by atoms with E-state index in [4.69, 9.17) is 0 Å². The van der Waals surface area contributed by atoms with Crippen molar-refractivity contribution in [1.29, 1.82) is 0 Å². The van der Waals surface area contributed by atoms with Gasteiger partial charge in [-0.25, -0.2) is 4.21 Å². The lowest BCUT2D eigenvalue weighted by Gasteiger charge is -2.22. The molecule has 2 N–H and O–H groups in total. The van der Waals surface area contributed by atoms with Gasteiger partial charge in [0.25, 0.3) is 0 Å². The average Bonchev–Trinajstić information content (AvgIpc) is 2.36. The van der Waals surface area contributed by atoms with E-state index < -0.39 is 22.3 Å². The molecule has 1 aromatic carbocycles. The summed E-state index contributed by atoms with van der Waals surface area (Å²) in [5.74, 6) is -1.49. The number of rotatable bonds is 3. The Morgan fingerprint density at radius 1 is 1.27 bits per heavy atom. The number of phenolic OH excluding ortho intramolecular Hbond substituents is 2. The average molecular weight is 336 g/mol. The summed E-state index contributed by atoms with van der Waals surface area (Å²) in [5.41, 5.74) is -3.68. The normalized spacial score (nSPS) is 20.4. The highest BCUT2D eigenvalue weighted by Gasteiger charge is 2.40. The summed E-state index contributed by atoms with van der Waals surface area (Å²) < 4.78 is 51.7. The number of halogens is 3. The highest BCUT2D eigenvalue weighted by Crippen LogP contribution is 2.43. The maximum absolute atomic E-state index is 12.2. The summed E-state index contributed by atoms with van der Waals surface area (Å²) in [6.45, 7) is 1.93. The number of allylic oxidation sites excluding steroid dienone is 2. The Morgan fingerprint density at radius 3 is 2.36 bits per heavy atom. The Bertz CT molecular complexity index is 602. The SMILES string of the molecule is CC1=CC(c2c(O)cc(OS(=O)C(F)(F)F)cc2O)CCC1. The molecule has 0 heterocycles. The quantitative estimate of drug-likeness (QED) is 0.822. The number of alkyl halides is 3. The number of phenols is 2. The molecule has 2 unspecified atom stereocenters. The van der Waals surface area contributed by atoms with Crippen molar-refractivity contribution in [3.05, 3.63) is 29.3 Å². The minimum atomic E-state index is -5.03. The van der Waals surface area contributed by atoms with Gasteiger partial charge in [0.2, 0.25) is 0 Å². The van der Waals surface area contributed by atoms with Crippen molar-refractivity contribution in [3.63, 3.8) is 0 Å². The van der Waals surface area contributed by atoms with E-state index >= 15 is 0 Å². The summed E-state index contributed by atoms with van der Waals surface area (Å²) in [4.78, 5) is 0. The second-order valence-electron chi connectivity index (χ2n) is 5.15. The number of aromatic hydroxyl groups is 2. The smallest absolute Gasteiger partial charge is 0.507 e. The molecule has 2 atom stereocenters. The van der Waals surface area contributed by atoms with Gasteiger partial charge in [0, 0.05) is 23.6 Å². The van der Waals surface area contributed by atoms with Crippen LogP contribution in [0, 0.1) is 0 Å². The monoisotopic (exact) mass is 336 g/mol. The first kappa shape index (κ1) is 16.7. The van der Waals surface area contributed by atoms with Gasteiger partial charge >= 0.3 is 16.6 Å². The molecule has 22 heavy (non-hydrogen) atoms. The van der Waals surface area contributed by atoms with E-state index in [0.717, 1.165) is 30.5 Å². The molecule has 8 heteroatoms. The van der Waals surface area contributed by atoms with Crippen LogP contribution in [0.2, 0.25) is 0 Å². The first-order valence-corrected chi connectivity index (χ1v) is 7.66. The molecule has 0 saturated heterocycles. The highest BCUT2D eigenvalue weighted by molar-refractivity contribution is 7.81. The van der Waals surface area contributed by atoms with Crippen molar-refractivity contribution in [1.82, 2.24) is 0 Å². The molecule has 0 bridgehead atoms. The molecule has 0 amide bonds.